The summed E-state index contributed by atoms with van der Waals surface area (Å²) in [7, 11) is 0. The molecule has 0 rings (SSSR count). The number of aliphatic carboxylic acids is 1. The van der Waals surface area contributed by atoms with Crippen molar-refractivity contribution in [2.45, 2.75) is 20.3 Å². The van der Waals surface area contributed by atoms with Gasteiger partial charge >= 0.3 is 12.0 Å². The maximum absolute atomic E-state index is 11.5. The van der Waals surface area contributed by atoms with Gasteiger partial charge < -0.3 is 20.6 Å². The van der Waals surface area contributed by atoms with Crippen LogP contribution in [0.5, 0.6) is 0 Å². The second kappa shape index (κ2) is 8.37. The first-order valence-electron chi connectivity index (χ1n) is 5.52. The molecule has 0 unspecified atom stereocenters. The van der Waals surface area contributed by atoms with Crippen molar-refractivity contribution in [2.75, 3.05) is 26.2 Å². The monoisotopic (exact) mass is 245 g/mol. The third-order valence-corrected chi connectivity index (χ3v) is 2.14. The van der Waals surface area contributed by atoms with Crippen molar-refractivity contribution < 1.29 is 19.5 Å². The van der Waals surface area contributed by atoms with Crippen LogP contribution in [0.1, 0.15) is 20.3 Å². The minimum Gasteiger partial charge on any atom is -0.481 e. The molecule has 0 saturated carbocycles. The third kappa shape index (κ3) is 7.15. The molecule has 17 heavy (non-hydrogen) atoms. The summed E-state index contributed by atoms with van der Waals surface area (Å²) in [5.41, 5.74) is 0. The van der Waals surface area contributed by atoms with Crippen molar-refractivity contribution >= 4 is 17.9 Å². The molecule has 0 aromatic carbocycles. The zero-order chi connectivity index (χ0) is 13.3. The molecule has 0 fully saturated rings. The van der Waals surface area contributed by atoms with Gasteiger partial charge in [0.2, 0.25) is 5.91 Å². The number of nitrogens with zero attached hydrogens (tertiary/aromatic N) is 1. The smallest absolute Gasteiger partial charge is 0.315 e. The molecule has 0 aliphatic rings. The first kappa shape index (κ1) is 15.2. The van der Waals surface area contributed by atoms with Crippen LogP contribution in [-0.4, -0.2) is 54.1 Å². The van der Waals surface area contributed by atoms with E-state index < -0.39 is 12.0 Å². The average molecular weight is 245 g/mol. The van der Waals surface area contributed by atoms with Crippen molar-refractivity contribution in [2.24, 2.45) is 0 Å². The molecule has 98 valence electrons. The molecular weight excluding hydrogens is 226 g/mol. The highest BCUT2D eigenvalue weighted by Crippen LogP contribution is 1.87. The van der Waals surface area contributed by atoms with E-state index in [1.54, 1.807) is 4.90 Å². The van der Waals surface area contributed by atoms with E-state index in [0.29, 0.717) is 13.1 Å². The van der Waals surface area contributed by atoms with E-state index in [4.69, 9.17) is 5.11 Å². The van der Waals surface area contributed by atoms with Crippen LogP contribution in [0.2, 0.25) is 0 Å². The van der Waals surface area contributed by atoms with E-state index in [-0.39, 0.29) is 25.4 Å². The van der Waals surface area contributed by atoms with Crippen LogP contribution in [0.3, 0.4) is 0 Å². The largest absolute Gasteiger partial charge is 0.481 e. The molecule has 0 aromatic heterocycles. The lowest BCUT2D eigenvalue weighted by molar-refractivity contribution is -0.136. The summed E-state index contributed by atoms with van der Waals surface area (Å²) in [6, 6.07) is -0.535. The predicted octanol–water partition coefficient (Wildman–Crippen LogP) is -0.371. The van der Waals surface area contributed by atoms with Crippen LogP contribution in [0.15, 0.2) is 0 Å². The van der Waals surface area contributed by atoms with Crippen molar-refractivity contribution in [3.8, 4) is 0 Å². The fourth-order valence-electron chi connectivity index (χ4n) is 1.19. The van der Waals surface area contributed by atoms with E-state index in [9.17, 15) is 14.4 Å². The zero-order valence-corrected chi connectivity index (χ0v) is 10.2. The third-order valence-electron chi connectivity index (χ3n) is 2.14. The summed E-state index contributed by atoms with van der Waals surface area (Å²) in [6.07, 6.45) is -0.141. The van der Waals surface area contributed by atoms with Gasteiger partial charge in [-0.3, -0.25) is 9.59 Å². The van der Waals surface area contributed by atoms with Gasteiger partial charge in [0.25, 0.3) is 0 Å². The molecule has 3 N–H and O–H groups in total. The standard InChI is InChI=1S/C10H19N3O4/c1-3-13(4-2)8(14)7-12-10(17)11-6-5-9(15)16/h3-7H2,1-2H3,(H,15,16)(H2,11,12,17). The van der Waals surface area contributed by atoms with Gasteiger partial charge in [-0.1, -0.05) is 0 Å². The number of carboxylic acids is 1. The number of carboxylic acid groups (broad SMARTS) is 1. The zero-order valence-electron chi connectivity index (χ0n) is 10.2. The number of carbonyl (C=O) groups is 3. The Labute approximate surface area is 100 Å². The molecule has 0 saturated heterocycles. The average Bonchev–Trinajstić information content (AvgIpc) is 2.27. The quantitative estimate of drug-likeness (QED) is 0.570. The molecule has 0 spiro atoms. The summed E-state index contributed by atoms with van der Waals surface area (Å²) >= 11 is 0. The normalized spacial score (nSPS) is 9.53. The van der Waals surface area contributed by atoms with Gasteiger partial charge in [0, 0.05) is 19.6 Å². The fraction of sp³-hybridized carbons (Fsp3) is 0.700. The molecule has 0 bridgehead atoms. The Hall–Kier alpha value is -1.79. The predicted molar refractivity (Wildman–Crippen MR) is 61.6 cm³/mol. The molecule has 0 aliphatic carbocycles. The number of hydrogen-bond acceptors (Lipinski definition) is 3. The van der Waals surface area contributed by atoms with Crippen molar-refractivity contribution in [3.05, 3.63) is 0 Å². The lowest BCUT2D eigenvalue weighted by Crippen LogP contribution is -2.44. The molecule has 7 nitrogen and oxygen atoms in total. The number of likely N-dealkylation sites (N-methyl/N-ethyl adjacent to an activating group) is 1. The molecule has 3 amide bonds. The highest BCUT2D eigenvalue weighted by atomic mass is 16.4. The highest BCUT2D eigenvalue weighted by molar-refractivity contribution is 5.84. The molecule has 0 aromatic rings. The summed E-state index contributed by atoms with van der Waals surface area (Å²) in [6.45, 7) is 4.86. The Morgan fingerprint density at radius 2 is 1.71 bits per heavy atom. The van der Waals surface area contributed by atoms with Crippen molar-refractivity contribution in [1.29, 1.82) is 0 Å². The number of hydrogen-bond donors (Lipinski definition) is 3. The van der Waals surface area contributed by atoms with Crippen LogP contribution < -0.4 is 10.6 Å². The molecule has 0 heterocycles. The number of nitrogens with one attached hydrogen (secondary N) is 2. The van der Waals surface area contributed by atoms with Crippen molar-refractivity contribution in [1.82, 2.24) is 15.5 Å². The Morgan fingerprint density at radius 1 is 1.12 bits per heavy atom. The van der Waals surface area contributed by atoms with Crippen LogP contribution in [0, 0.1) is 0 Å². The van der Waals surface area contributed by atoms with Gasteiger partial charge in [-0.25, -0.2) is 4.79 Å². The molecular formula is C10H19N3O4. The van der Waals surface area contributed by atoms with Gasteiger partial charge in [-0.05, 0) is 13.8 Å². The summed E-state index contributed by atoms with van der Waals surface area (Å²) in [4.78, 5) is 34.4. The van der Waals surface area contributed by atoms with Crippen LogP contribution in [0.4, 0.5) is 4.79 Å². The molecule has 0 aliphatic heterocycles. The van der Waals surface area contributed by atoms with E-state index >= 15 is 0 Å². The van der Waals surface area contributed by atoms with E-state index in [2.05, 4.69) is 10.6 Å². The number of amides is 3. The van der Waals surface area contributed by atoms with E-state index in [0.717, 1.165) is 0 Å². The number of urea groups is 1. The van der Waals surface area contributed by atoms with Gasteiger partial charge in [0.1, 0.15) is 0 Å². The van der Waals surface area contributed by atoms with Crippen LogP contribution >= 0.6 is 0 Å². The summed E-state index contributed by atoms with van der Waals surface area (Å²) < 4.78 is 0. The van der Waals surface area contributed by atoms with Crippen molar-refractivity contribution in [3.63, 3.8) is 0 Å². The summed E-state index contributed by atoms with van der Waals surface area (Å²) in [5.74, 6) is -1.15. The second-order valence-electron chi connectivity index (χ2n) is 3.32. The number of rotatable bonds is 7. The maximum Gasteiger partial charge on any atom is 0.315 e. The second-order valence-corrected chi connectivity index (χ2v) is 3.32. The van der Waals surface area contributed by atoms with Crippen LogP contribution in [-0.2, 0) is 9.59 Å². The Morgan fingerprint density at radius 3 is 2.18 bits per heavy atom. The number of carbonyl (C=O) groups excluding carboxylic acids is 2. The Bertz CT molecular complexity index is 277. The van der Waals surface area contributed by atoms with E-state index in [1.807, 2.05) is 13.8 Å². The van der Waals surface area contributed by atoms with E-state index in [1.165, 1.54) is 0 Å². The first-order valence-corrected chi connectivity index (χ1v) is 5.52. The SMILES string of the molecule is CCN(CC)C(=O)CNC(=O)NCCC(=O)O. The lowest BCUT2D eigenvalue weighted by Gasteiger charge is -2.18. The molecule has 0 radical (unpaired) electrons. The molecule has 0 atom stereocenters. The Balaban J connectivity index is 3.76. The first-order chi connectivity index (χ1) is 8.01. The highest BCUT2D eigenvalue weighted by Gasteiger charge is 2.10. The van der Waals surface area contributed by atoms with Crippen LogP contribution in [0.25, 0.3) is 0 Å². The minimum absolute atomic E-state index is 0.0423. The molecule has 7 heteroatoms. The Kier molecular flexibility index (Phi) is 7.49. The minimum atomic E-state index is -0.982. The topological polar surface area (TPSA) is 98.7 Å². The lowest BCUT2D eigenvalue weighted by atomic mass is 10.4. The van der Waals surface area contributed by atoms with Gasteiger partial charge in [-0.15, -0.1) is 0 Å². The van der Waals surface area contributed by atoms with Gasteiger partial charge in [-0.2, -0.15) is 0 Å². The summed E-state index contributed by atoms with van der Waals surface area (Å²) in [5, 5.41) is 13.1. The van der Waals surface area contributed by atoms with Gasteiger partial charge in [0.05, 0.1) is 13.0 Å². The van der Waals surface area contributed by atoms with Gasteiger partial charge in [0.15, 0.2) is 0 Å². The fourth-order valence-corrected chi connectivity index (χ4v) is 1.19. The maximum atomic E-state index is 11.5.